The molecule has 122 valence electrons. The Bertz CT molecular complexity index is 1110. The smallest absolute Gasteiger partial charge is 0.141 e. The van der Waals surface area contributed by atoms with Crippen LogP contribution in [0.5, 0.6) is 0 Å². The number of nitrogens with zero attached hydrogens (tertiary/aromatic N) is 3. The van der Waals surface area contributed by atoms with E-state index in [9.17, 15) is 5.11 Å². The summed E-state index contributed by atoms with van der Waals surface area (Å²) in [6.45, 7) is 1.67. The van der Waals surface area contributed by atoms with Crippen LogP contribution in [0.15, 0.2) is 48.8 Å². The second-order valence-corrected chi connectivity index (χ2v) is 5.87. The van der Waals surface area contributed by atoms with E-state index in [2.05, 4.69) is 32.4 Å². The molecule has 3 N–H and O–H groups in total. The number of nitrogens with one attached hydrogen (secondary N) is 2. The van der Waals surface area contributed by atoms with Crippen LogP contribution in [-0.2, 0) is 0 Å². The molecular weight excluding hydrogens is 314 g/mol. The Labute approximate surface area is 143 Å². The number of aromatic amines is 1. The van der Waals surface area contributed by atoms with Crippen molar-refractivity contribution in [2.45, 2.75) is 13.2 Å². The largest absolute Gasteiger partial charge is 0.374 e. The number of rotatable bonds is 3. The minimum absolute atomic E-state index is 0.382. The number of benzene rings is 1. The van der Waals surface area contributed by atoms with Crippen molar-refractivity contribution in [2.24, 2.45) is 0 Å². The SMILES string of the molecule is CC(O)Nc1ccc(-c2cnc3[nH]c4cnc(C#N)cc4c3c2)cc1. The van der Waals surface area contributed by atoms with Crippen molar-refractivity contribution >= 4 is 27.6 Å². The second-order valence-electron chi connectivity index (χ2n) is 5.87. The molecule has 0 bridgehead atoms. The molecule has 0 radical (unpaired) electrons. The van der Waals surface area contributed by atoms with E-state index in [1.165, 1.54) is 0 Å². The molecule has 0 saturated carbocycles. The van der Waals surface area contributed by atoms with Gasteiger partial charge in [0.15, 0.2) is 0 Å². The summed E-state index contributed by atoms with van der Waals surface area (Å²) in [6, 6.07) is 13.7. The summed E-state index contributed by atoms with van der Waals surface area (Å²) >= 11 is 0. The van der Waals surface area contributed by atoms with E-state index in [4.69, 9.17) is 5.26 Å². The Morgan fingerprint density at radius 2 is 1.88 bits per heavy atom. The number of H-pyrrole nitrogens is 1. The Kier molecular flexibility index (Phi) is 3.56. The van der Waals surface area contributed by atoms with Gasteiger partial charge in [-0.25, -0.2) is 9.97 Å². The molecule has 0 aliphatic carbocycles. The first kappa shape index (κ1) is 15.1. The van der Waals surface area contributed by atoms with Gasteiger partial charge in [0.05, 0.1) is 11.7 Å². The molecule has 0 fully saturated rings. The fraction of sp³-hybridized carbons (Fsp3) is 0.105. The van der Waals surface area contributed by atoms with Gasteiger partial charge in [-0.3, -0.25) is 0 Å². The molecule has 6 nitrogen and oxygen atoms in total. The van der Waals surface area contributed by atoms with Gasteiger partial charge in [0.25, 0.3) is 0 Å². The van der Waals surface area contributed by atoms with Gasteiger partial charge in [-0.2, -0.15) is 5.26 Å². The summed E-state index contributed by atoms with van der Waals surface area (Å²) < 4.78 is 0. The van der Waals surface area contributed by atoms with Crippen LogP contribution in [0.4, 0.5) is 5.69 Å². The number of pyridine rings is 2. The summed E-state index contributed by atoms with van der Waals surface area (Å²) in [7, 11) is 0. The molecule has 1 aromatic carbocycles. The number of aromatic nitrogens is 3. The normalized spacial score (nSPS) is 12.2. The molecule has 1 atom stereocenters. The maximum absolute atomic E-state index is 9.38. The lowest BCUT2D eigenvalue weighted by Gasteiger charge is -2.09. The van der Waals surface area contributed by atoms with E-state index in [0.717, 1.165) is 38.8 Å². The van der Waals surface area contributed by atoms with Crippen LogP contribution < -0.4 is 5.32 Å². The fourth-order valence-electron chi connectivity index (χ4n) is 2.89. The lowest BCUT2D eigenvalue weighted by molar-refractivity contribution is 0.224. The topological polar surface area (TPSA) is 97.6 Å². The molecule has 0 spiro atoms. The zero-order valence-corrected chi connectivity index (χ0v) is 13.5. The van der Waals surface area contributed by atoms with Crippen molar-refractivity contribution in [1.82, 2.24) is 15.0 Å². The van der Waals surface area contributed by atoms with Crippen LogP contribution in [0.3, 0.4) is 0 Å². The highest BCUT2D eigenvalue weighted by Crippen LogP contribution is 2.29. The van der Waals surface area contributed by atoms with E-state index in [1.54, 1.807) is 19.2 Å². The summed E-state index contributed by atoms with van der Waals surface area (Å²) in [5.74, 6) is 0. The maximum Gasteiger partial charge on any atom is 0.141 e. The van der Waals surface area contributed by atoms with E-state index in [1.807, 2.05) is 30.5 Å². The first-order valence-electron chi connectivity index (χ1n) is 7.86. The van der Waals surface area contributed by atoms with Gasteiger partial charge in [0, 0.05) is 28.2 Å². The van der Waals surface area contributed by atoms with Crippen molar-refractivity contribution in [1.29, 1.82) is 5.26 Å². The number of fused-ring (bicyclic) bond motifs is 3. The fourth-order valence-corrected chi connectivity index (χ4v) is 2.89. The molecule has 0 amide bonds. The van der Waals surface area contributed by atoms with Crippen molar-refractivity contribution in [3.8, 4) is 17.2 Å². The van der Waals surface area contributed by atoms with Crippen molar-refractivity contribution in [3.63, 3.8) is 0 Å². The van der Waals surface area contributed by atoms with Gasteiger partial charge in [-0.1, -0.05) is 12.1 Å². The minimum atomic E-state index is -0.599. The molecule has 0 aliphatic heterocycles. The Morgan fingerprint density at radius 1 is 1.08 bits per heavy atom. The molecule has 6 heteroatoms. The molecule has 0 saturated heterocycles. The monoisotopic (exact) mass is 329 g/mol. The number of aliphatic hydroxyl groups excluding tert-OH is 1. The van der Waals surface area contributed by atoms with Crippen LogP contribution in [0.1, 0.15) is 12.6 Å². The van der Waals surface area contributed by atoms with E-state index >= 15 is 0 Å². The van der Waals surface area contributed by atoms with E-state index in [-0.39, 0.29) is 0 Å². The van der Waals surface area contributed by atoms with Gasteiger partial charge in [-0.05, 0) is 36.8 Å². The summed E-state index contributed by atoms with van der Waals surface area (Å²) in [5, 5.41) is 23.3. The molecule has 0 aliphatic rings. The van der Waals surface area contributed by atoms with Gasteiger partial charge < -0.3 is 15.4 Å². The van der Waals surface area contributed by atoms with Crippen molar-refractivity contribution in [2.75, 3.05) is 5.32 Å². The first-order valence-corrected chi connectivity index (χ1v) is 7.86. The van der Waals surface area contributed by atoms with Gasteiger partial charge in [0.1, 0.15) is 23.6 Å². The summed E-state index contributed by atoms with van der Waals surface area (Å²) in [4.78, 5) is 11.8. The van der Waals surface area contributed by atoms with Crippen molar-refractivity contribution < 1.29 is 5.11 Å². The number of hydrogen-bond donors (Lipinski definition) is 3. The molecular formula is C19H15N5O. The third-order valence-electron chi connectivity index (χ3n) is 4.04. The summed E-state index contributed by atoms with van der Waals surface area (Å²) in [6.07, 6.45) is 2.87. The van der Waals surface area contributed by atoms with Crippen molar-refractivity contribution in [3.05, 3.63) is 54.5 Å². The Balaban J connectivity index is 1.80. The van der Waals surface area contributed by atoms with Crippen LogP contribution in [0, 0.1) is 11.3 Å². The molecule has 3 heterocycles. The van der Waals surface area contributed by atoms with Crippen LogP contribution >= 0.6 is 0 Å². The number of aliphatic hydroxyl groups is 1. The van der Waals surface area contributed by atoms with Crippen LogP contribution in [-0.4, -0.2) is 26.3 Å². The van der Waals surface area contributed by atoms with Gasteiger partial charge in [0.2, 0.25) is 0 Å². The highest BCUT2D eigenvalue weighted by molar-refractivity contribution is 6.06. The third-order valence-corrected chi connectivity index (χ3v) is 4.04. The summed E-state index contributed by atoms with van der Waals surface area (Å²) in [5.41, 5.74) is 4.86. The quantitative estimate of drug-likeness (QED) is 0.500. The van der Waals surface area contributed by atoms with E-state index in [0.29, 0.717) is 5.69 Å². The second kappa shape index (κ2) is 5.89. The lowest BCUT2D eigenvalue weighted by atomic mass is 10.1. The Hall–Kier alpha value is -3.43. The highest BCUT2D eigenvalue weighted by Gasteiger charge is 2.09. The molecule has 3 aromatic heterocycles. The van der Waals surface area contributed by atoms with Crippen LogP contribution in [0.25, 0.3) is 33.1 Å². The standard InChI is InChI=1S/C19H15N5O/c1-11(25)23-14-4-2-12(3-5-14)13-6-17-16-7-15(8-20)21-10-18(16)24-19(17)22-9-13/h2-7,9-11,23,25H,1H3,(H,22,24). The van der Waals surface area contributed by atoms with Gasteiger partial charge >= 0.3 is 0 Å². The molecule has 1 unspecified atom stereocenters. The minimum Gasteiger partial charge on any atom is -0.374 e. The molecule has 4 rings (SSSR count). The highest BCUT2D eigenvalue weighted by atomic mass is 16.3. The first-order chi connectivity index (χ1) is 12.1. The number of nitriles is 1. The predicted molar refractivity (Wildman–Crippen MR) is 96.8 cm³/mol. The maximum atomic E-state index is 9.38. The van der Waals surface area contributed by atoms with Gasteiger partial charge in [-0.15, -0.1) is 0 Å². The number of hydrogen-bond acceptors (Lipinski definition) is 5. The zero-order valence-electron chi connectivity index (χ0n) is 13.5. The average Bonchev–Trinajstić information content (AvgIpc) is 2.98. The zero-order chi connectivity index (χ0) is 17.4. The predicted octanol–water partition coefficient (Wildman–Crippen LogP) is 3.40. The average molecular weight is 329 g/mol. The van der Waals surface area contributed by atoms with E-state index < -0.39 is 6.23 Å². The van der Waals surface area contributed by atoms with Crippen LogP contribution in [0.2, 0.25) is 0 Å². The molecule has 25 heavy (non-hydrogen) atoms. The number of anilines is 1. The third kappa shape index (κ3) is 2.77. The Morgan fingerprint density at radius 3 is 2.60 bits per heavy atom. The lowest BCUT2D eigenvalue weighted by Crippen LogP contribution is -2.12. The molecule has 4 aromatic rings.